The molecule has 0 aliphatic rings. The molecule has 0 spiro atoms. The Morgan fingerprint density at radius 3 is 2.57 bits per heavy atom. The van der Waals surface area contributed by atoms with Crippen molar-refractivity contribution in [3.8, 4) is 11.4 Å². The Kier molecular flexibility index (Phi) is 8.76. The Labute approximate surface area is 222 Å². The van der Waals surface area contributed by atoms with E-state index < -0.39 is 11.7 Å². The van der Waals surface area contributed by atoms with Gasteiger partial charge in [0.2, 0.25) is 5.91 Å². The number of thioether (sulfide) groups is 1. The maximum atomic E-state index is 13.5. The molecule has 0 aliphatic heterocycles. The van der Waals surface area contributed by atoms with E-state index in [9.17, 15) is 14.0 Å². The van der Waals surface area contributed by atoms with E-state index in [1.807, 2.05) is 13.0 Å². The molecule has 0 unspecified atom stereocenters. The highest BCUT2D eigenvalue weighted by Gasteiger charge is 2.17. The molecule has 1 aromatic heterocycles. The maximum absolute atomic E-state index is 13.5. The second-order valence-corrected chi connectivity index (χ2v) is 9.08. The summed E-state index contributed by atoms with van der Waals surface area (Å²) in [6.07, 6.45) is 0. The number of rotatable bonds is 10. The highest BCUT2D eigenvalue weighted by Crippen LogP contribution is 2.25. The van der Waals surface area contributed by atoms with Gasteiger partial charge < -0.3 is 15.4 Å². The van der Waals surface area contributed by atoms with Gasteiger partial charge in [0.15, 0.2) is 11.0 Å². The Hall–Kier alpha value is -3.89. The Bertz CT molecular complexity index is 1400. The second-order valence-electron chi connectivity index (χ2n) is 7.70. The highest BCUT2D eigenvalue weighted by atomic mass is 35.5. The molecule has 1 heterocycles. The Morgan fingerprint density at radius 2 is 1.84 bits per heavy atom. The molecule has 2 amide bonds. The number of ether oxygens (including phenoxy) is 1. The lowest BCUT2D eigenvalue weighted by Crippen LogP contribution is -2.24. The van der Waals surface area contributed by atoms with Gasteiger partial charge in [-0.15, -0.1) is 10.2 Å². The lowest BCUT2D eigenvalue weighted by molar-refractivity contribution is -0.113. The minimum Gasteiger partial charge on any atom is -0.494 e. The van der Waals surface area contributed by atoms with Crippen LogP contribution in [0.1, 0.15) is 23.1 Å². The number of amides is 2. The van der Waals surface area contributed by atoms with Crippen LogP contribution in [-0.2, 0) is 11.3 Å². The molecule has 8 nitrogen and oxygen atoms in total. The van der Waals surface area contributed by atoms with Gasteiger partial charge in [0.25, 0.3) is 5.91 Å². The molecule has 0 fully saturated rings. The van der Waals surface area contributed by atoms with Crippen LogP contribution >= 0.6 is 23.4 Å². The first-order valence-electron chi connectivity index (χ1n) is 11.3. The van der Waals surface area contributed by atoms with Gasteiger partial charge >= 0.3 is 0 Å². The molecular formula is C26H23ClFN5O3S. The predicted molar refractivity (Wildman–Crippen MR) is 141 cm³/mol. The lowest BCUT2D eigenvalue weighted by Gasteiger charge is -2.12. The summed E-state index contributed by atoms with van der Waals surface area (Å²) in [5, 5.41) is 14.9. The largest absolute Gasteiger partial charge is 0.494 e. The zero-order chi connectivity index (χ0) is 26.2. The van der Waals surface area contributed by atoms with Crippen LogP contribution < -0.4 is 15.4 Å². The van der Waals surface area contributed by atoms with Crippen LogP contribution in [0, 0.1) is 5.82 Å². The van der Waals surface area contributed by atoms with Crippen LogP contribution in [0.4, 0.5) is 10.1 Å². The Morgan fingerprint density at radius 1 is 1.05 bits per heavy atom. The van der Waals surface area contributed by atoms with E-state index in [-0.39, 0.29) is 23.8 Å². The smallest absolute Gasteiger partial charge is 0.251 e. The fraction of sp³-hybridized carbons (Fsp3) is 0.154. The molecule has 190 valence electrons. The number of benzene rings is 3. The molecule has 4 aromatic rings. The van der Waals surface area contributed by atoms with Crippen molar-refractivity contribution in [2.75, 3.05) is 17.7 Å². The molecule has 0 saturated carbocycles. The summed E-state index contributed by atoms with van der Waals surface area (Å²) >= 11 is 7.39. The molecule has 0 aliphatic carbocycles. The van der Waals surface area contributed by atoms with E-state index in [0.717, 1.165) is 11.8 Å². The van der Waals surface area contributed by atoms with Crippen LogP contribution in [0.3, 0.4) is 0 Å². The second kappa shape index (κ2) is 12.4. The van der Waals surface area contributed by atoms with Gasteiger partial charge in [-0.2, -0.15) is 0 Å². The van der Waals surface area contributed by atoms with Crippen molar-refractivity contribution in [3.63, 3.8) is 0 Å². The van der Waals surface area contributed by atoms with Crippen LogP contribution in [0.5, 0.6) is 5.75 Å². The monoisotopic (exact) mass is 539 g/mol. The third kappa shape index (κ3) is 7.08. The average Bonchev–Trinajstić information content (AvgIpc) is 3.30. The summed E-state index contributed by atoms with van der Waals surface area (Å²) in [6.45, 7) is 2.48. The Balaban J connectivity index is 1.47. The van der Waals surface area contributed by atoms with Crippen molar-refractivity contribution in [1.82, 2.24) is 20.1 Å². The molecule has 37 heavy (non-hydrogen) atoms. The van der Waals surface area contributed by atoms with Gasteiger partial charge in [0.05, 0.1) is 24.6 Å². The van der Waals surface area contributed by atoms with Gasteiger partial charge in [0, 0.05) is 16.3 Å². The maximum Gasteiger partial charge on any atom is 0.251 e. The fourth-order valence-electron chi connectivity index (χ4n) is 3.40. The van der Waals surface area contributed by atoms with Gasteiger partial charge in [-0.05, 0) is 67.6 Å². The van der Waals surface area contributed by atoms with Crippen LogP contribution in [-0.4, -0.2) is 38.9 Å². The number of carbonyl (C=O) groups is 2. The van der Waals surface area contributed by atoms with Crippen LogP contribution in [0.25, 0.3) is 5.69 Å². The first-order valence-corrected chi connectivity index (χ1v) is 12.7. The fourth-order valence-corrected chi connectivity index (χ4v) is 4.36. The van der Waals surface area contributed by atoms with Crippen molar-refractivity contribution in [3.05, 3.63) is 95.0 Å². The SMILES string of the molecule is CCOc1ccc(NC(=O)CSc2nnc(CNC(=O)c3cccc(F)c3)n2-c2cccc(Cl)c2)cc1. The van der Waals surface area contributed by atoms with E-state index in [0.29, 0.717) is 34.0 Å². The van der Waals surface area contributed by atoms with Crippen molar-refractivity contribution in [1.29, 1.82) is 0 Å². The number of nitrogens with zero attached hydrogens (tertiary/aromatic N) is 3. The summed E-state index contributed by atoms with van der Waals surface area (Å²) in [5.41, 5.74) is 1.50. The van der Waals surface area contributed by atoms with E-state index in [1.165, 1.54) is 30.0 Å². The molecule has 11 heteroatoms. The molecule has 0 atom stereocenters. The quantitative estimate of drug-likeness (QED) is 0.271. The summed E-state index contributed by atoms with van der Waals surface area (Å²) in [6, 6.07) is 19.6. The molecule has 2 N–H and O–H groups in total. The minimum atomic E-state index is -0.503. The van der Waals surface area contributed by atoms with Crippen LogP contribution in [0.2, 0.25) is 5.02 Å². The average molecular weight is 540 g/mol. The summed E-state index contributed by atoms with van der Waals surface area (Å²) < 4.78 is 20.6. The first kappa shape index (κ1) is 26.2. The van der Waals surface area contributed by atoms with E-state index in [4.69, 9.17) is 16.3 Å². The zero-order valence-corrected chi connectivity index (χ0v) is 21.4. The highest BCUT2D eigenvalue weighted by molar-refractivity contribution is 7.99. The zero-order valence-electron chi connectivity index (χ0n) is 19.8. The molecule has 0 radical (unpaired) electrons. The van der Waals surface area contributed by atoms with Gasteiger partial charge in [-0.1, -0.05) is 35.5 Å². The third-order valence-electron chi connectivity index (χ3n) is 5.04. The molecule has 4 rings (SSSR count). The van der Waals surface area contributed by atoms with E-state index in [1.54, 1.807) is 47.0 Å². The predicted octanol–water partition coefficient (Wildman–Crippen LogP) is 5.12. The standard InChI is InChI=1S/C26H23ClFN5O3S/c1-2-36-22-11-9-20(10-12-22)30-24(34)16-37-26-32-31-23(33(26)21-8-4-6-18(27)14-21)15-29-25(35)17-5-3-7-19(28)13-17/h3-14H,2,15-16H2,1H3,(H,29,35)(H,30,34). The molecule has 0 bridgehead atoms. The van der Waals surface area contributed by atoms with Crippen molar-refractivity contribution in [2.24, 2.45) is 0 Å². The van der Waals surface area contributed by atoms with Gasteiger partial charge in [-0.3, -0.25) is 14.2 Å². The summed E-state index contributed by atoms with van der Waals surface area (Å²) in [7, 11) is 0. The minimum absolute atomic E-state index is 0.0216. The van der Waals surface area contributed by atoms with Crippen LogP contribution in [0.15, 0.2) is 78.0 Å². The van der Waals surface area contributed by atoms with E-state index >= 15 is 0 Å². The van der Waals surface area contributed by atoms with E-state index in [2.05, 4.69) is 20.8 Å². The molecular weight excluding hydrogens is 517 g/mol. The first-order chi connectivity index (χ1) is 17.9. The van der Waals surface area contributed by atoms with Gasteiger partial charge in [0.1, 0.15) is 11.6 Å². The van der Waals surface area contributed by atoms with Crippen molar-refractivity contribution >= 4 is 40.9 Å². The number of hydrogen-bond acceptors (Lipinski definition) is 6. The molecule has 3 aromatic carbocycles. The number of anilines is 1. The summed E-state index contributed by atoms with van der Waals surface area (Å²) in [4.78, 5) is 25.1. The molecule has 0 saturated heterocycles. The lowest BCUT2D eigenvalue weighted by atomic mass is 10.2. The third-order valence-corrected chi connectivity index (χ3v) is 6.21. The van der Waals surface area contributed by atoms with Crippen molar-refractivity contribution in [2.45, 2.75) is 18.6 Å². The number of carbonyl (C=O) groups excluding carboxylic acids is 2. The topological polar surface area (TPSA) is 98.1 Å². The number of halogens is 2. The van der Waals surface area contributed by atoms with Gasteiger partial charge in [-0.25, -0.2) is 4.39 Å². The number of aromatic nitrogens is 3. The van der Waals surface area contributed by atoms with Crippen molar-refractivity contribution < 1.29 is 18.7 Å². The number of hydrogen-bond donors (Lipinski definition) is 2. The number of nitrogens with one attached hydrogen (secondary N) is 2. The normalized spacial score (nSPS) is 10.7. The summed E-state index contributed by atoms with van der Waals surface area (Å²) in [5.74, 6) is 0.0291.